The van der Waals surface area contributed by atoms with Gasteiger partial charge in [0.25, 0.3) is 0 Å². The summed E-state index contributed by atoms with van der Waals surface area (Å²) >= 11 is 2.84. The Balaban J connectivity index is 2.18. The predicted octanol–water partition coefficient (Wildman–Crippen LogP) is 5.47. The molecule has 0 spiro atoms. The molecule has 0 atom stereocenters. The fraction of sp³-hybridized carbons (Fsp3) is 0.167. The number of fused-ring (bicyclic) bond motifs is 1. The van der Waals surface area contributed by atoms with Crippen molar-refractivity contribution in [2.24, 2.45) is 0 Å². The van der Waals surface area contributed by atoms with Crippen molar-refractivity contribution in [2.75, 3.05) is 0 Å². The Bertz CT molecular complexity index is 953. The molecule has 3 rings (SSSR count). The molecule has 6 heteroatoms. The number of carboxylic acid groups (broad SMARTS) is 1. The van der Waals surface area contributed by atoms with Gasteiger partial charge in [-0.3, -0.25) is 4.79 Å². The van der Waals surface area contributed by atoms with Crippen molar-refractivity contribution >= 4 is 45.0 Å². The summed E-state index contributed by atoms with van der Waals surface area (Å²) in [6.07, 6.45) is 0. The van der Waals surface area contributed by atoms with Gasteiger partial charge in [0.15, 0.2) is 5.69 Å². The highest BCUT2D eigenvalue weighted by Gasteiger charge is 2.30. The minimum atomic E-state index is -0.955. The van der Waals surface area contributed by atoms with Gasteiger partial charge in [-0.1, -0.05) is 30.3 Å². The van der Waals surface area contributed by atoms with Gasteiger partial charge in [-0.25, -0.2) is 9.83 Å². The van der Waals surface area contributed by atoms with Crippen LogP contribution in [0.2, 0.25) is 0 Å². The Hall–Kier alpha value is -2.36. The molecule has 0 amide bonds. The van der Waals surface area contributed by atoms with Crippen molar-refractivity contribution in [1.29, 1.82) is 0 Å². The maximum atomic E-state index is 11.6. The van der Waals surface area contributed by atoms with Crippen LogP contribution in [0.4, 0.5) is 5.69 Å². The first-order chi connectivity index (χ1) is 11.4. The lowest BCUT2D eigenvalue weighted by Gasteiger charge is -2.21. The third-order valence-electron chi connectivity index (χ3n) is 3.63. The van der Waals surface area contributed by atoms with Crippen LogP contribution in [0.25, 0.3) is 26.2 Å². The molecule has 0 unspecified atom stereocenters. The zero-order valence-corrected chi connectivity index (χ0v) is 14.7. The van der Waals surface area contributed by atoms with Crippen molar-refractivity contribution in [1.82, 2.24) is 4.98 Å². The second-order valence-electron chi connectivity index (χ2n) is 5.72. The highest BCUT2D eigenvalue weighted by Crippen LogP contribution is 2.44. The van der Waals surface area contributed by atoms with Gasteiger partial charge in [-0.2, -0.15) is 0 Å². The van der Waals surface area contributed by atoms with E-state index in [-0.39, 0.29) is 0 Å². The molecule has 1 N–H and O–H groups in total. The van der Waals surface area contributed by atoms with Gasteiger partial charge in [0, 0.05) is 4.90 Å². The highest BCUT2D eigenvalue weighted by atomic mass is 32.2. The van der Waals surface area contributed by atoms with Crippen LogP contribution in [0, 0.1) is 6.57 Å². The number of carbonyl (C=O) groups is 1. The van der Waals surface area contributed by atoms with E-state index in [4.69, 9.17) is 6.57 Å². The summed E-state index contributed by atoms with van der Waals surface area (Å²) in [7, 11) is 0. The van der Waals surface area contributed by atoms with E-state index < -0.39 is 10.7 Å². The molecule has 120 valence electrons. The molecule has 3 aromatic rings. The summed E-state index contributed by atoms with van der Waals surface area (Å²) in [5.74, 6) is -0.858. The van der Waals surface area contributed by atoms with Crippen LogP contribution in [0.3, 0.4) is 0 Å². The number of benzene rings is 2. The van der Waals surface area contributed by atoms with Crippen LogP contribution in [0.1, 0.15) is 13.8 Å². The van der Waals surface area contributed by atoms with Gasteiger partial charge >= 0.3 is 5.97 Å². The van der Waals surface area contributed by atoms with Crippen LogP contribution in [0.15, 0.2) is 46.8 Å². The molecule has 0 radical (unpaired) electrons. The zero-order chi connectivity index (χ0) is 17.3. The van der Waals surface area contributed by atoms with E-state index in [2.05, 4.69) is 9.83 Å². The summed E-state index contributed by atoms with van der Waals surface area (Å²) in [5.41, 5.74) is 5.14. The average Bonchev–Trinajstić information content (AvgIpc) is 3.04. The Labute approximate surface area is 148 Å². The molecule has 0 saturated carbocycles. The third kappa shape index (κ3) is 3.01. The van der Waals surface area contributed by atoms with Gasteiger partial charge in [-0.15, -0.1) is 23.1 Å². The van der Waals surface area contributed by atoms with Gasteiger partial charge in [0.1, 0.15) is 4.75 Å². The van der Waals surface area contributed by atoms with Crippen molar-refractivity contribution in [2.45, 2.75) is 23.5 Å². The van der Waals surface area contributed by atoms with Crippen LogP contribution >= 0.6 is 23.1 Å². The normalized spacial score (nSPS) is 11.4. The number of rotatable bonds is 4. The number of thioether (sulfide) groups is 1. The molecule has 0 aliphatic heterocycles. The zero-order valence-electron chi connectivity index (χ0n) is 13.1. The molecule has 24 heavy (non-hydrogen) atoms. The predicted molar refractivity (Wildman–Crippen MR) is 98.9 cm³/mol. The summed E-state index contributed by atoms with van der Waals surface area (Å²) < 4.78 is 0.0322. The van der Waals surface area contributed by atoms with Crippen LogP contribution in [-0.4, -0.2) is 20.8 Å². The molecular formula is C18H14N2O2S2. The van der Waals surface area contributed by atoms with Crippen molar-refractivity contribution in [3.05, 3.63) is 53.3 Å². The maximum absolute atomic E-state index is 11.6. The van der Waals surface area contributed by atoms with Crippen molar-refractivity contribution < 1.29 is 9.90 Å². The number of aromatic nitrogens is 1. The Kier molecular flexibility index (Phi) is 4.31. The van der Waals surface area contributed by atoms with E-state index in [0.29, 0.717) is 5.69 Å². The standard InChI is InChI=1S/C18H14N2O2S2/c1-18(2,17(21)22)24-15-13(8-9-14-16(15)23-10-20-14)11-4-6-12(19-3)7-5-11/h4-10H,1-2H3,(H,21,22). The first kappa shape index (κ1) is 16.5. The SMILES string of the molecule is [C-]#[N+]c1ccc(-c2ccc3ncsc3c2SC(C)(C)C(=O)O)cc1. The fourth-order valence-corrected chi connectivity index (χ4v) is 4.34. The molecule has 1 heterocycles. The summed E-state index contributed by atoms with van der Waals surface area (Å²) in [6.45, 7) is 10.5. The largest absolute Gasteiger partial charge is 0.480 e. The summed E-state index contributed by atoms with van der Waals surface area (Å²) in [5, 5.41) is 9.49. The monoisotopic (exact) mass is 354 g/mol. The summed E-state index contributed by atoms with van der Waals surface area (Å²) in [6, 6.07) is 11.3. The number of thiazole rings is 1. The lowest BCUT2D eigenvalue weighted by atomic mass is 10.1. The number of hydrogen-bond acceptors (Lipinski definition) is 4. The molecule has 4 nitrogen and oxygen atoms in total. The van der Waals surface area contributed by atoms with Crippen LogP contribution in [-0.2, 0) is 4.79 Å². The Morgan fingerprint density at radius 2 is 1.96 bits per heavy atom. The lowest BCUT2D eigenvalue weighted by Crippen LogP contribution is -2.27. The molecule has 0 aliphatic rings. The minimum absolute atomic E-state index is 0.581. The molecular weight excluding hydrogens is 340 g/mol. The highest BCUT2D eigenvalue weighted by molar-refractivity contribution is 8.01. The van der Waals surface area contributed by atoms with E-state index in [9.17, 15) is 9.90 Å². The van der Waals surface area contributed by atoms with E-state index >= 15 is 0 Å². The molecule has 2 aromatic carbocycles. The maximum Gasteiger partial charge on any atom is 0.319 e. The van der Waals surface area contributed by atoms with Gasteiger partial charge in [0.2, 0.25) is 0 Å². The van der Waals surface area contributed by atoms with E-state index in [1.165, 1.54) is 23.1 Å². The number of hydrogen-bond donors (Lipinski definition) is 1. The quantitative estimate of drug-likeness (QED) is 0.499. The first-order valence-corrected chi connectivity index (χ1v) is 8.88. The smallest absolute Gasteiger partial charge is 0.319 e. The number of aliphatic carboxylic acids is 1. The number of carboxylic acids is 1. The minimum Gasteiger partial charge on any atom is -0.480 e. The molecule has 1 aromatic heterocycles. The molecule has 0 saturated heterocycles. The first-order valence-electron chi connectivity index (χ1n) is 7.19. The molecule has 0 aliphatic carbocycles. The van der Waals surface area contributed by atoms with Crippen molar-refractivity contribution in [3.8, 4) is 11.1 Å². The average molecular weight is 354 g/mol. The Morgan fingerprint density at radius 1 is 1.25 bits per heavy atom. The summed E-state index contributed by atoms with van der Waals surface area (Å²) in [4.78, 5) is 20.2. The second-order valence-corrected chi connectivity index (χ2v) is 8.21. The van der Waals surface area contributed by atoms with E-state index in [1.807, 2.05) is 24.3 Å². The second kappa shape index (κ2) is 6.27. The van der Waals surface area contributed by atoms with Crippen LogP contribution in [0.5, 0.6) is 0 Å². The van der Waals surface area contributed by atoms with E-state index in [0.717, 1.165) is 26.2 Å². The van der Waals surface area contributed by atoms with E-state index in [1.54, 1.807) is 31.5 Å². The number of nitrogens with zero attached hydrogens (tertiary/aromatic N) is 2. The van der Waals surface area contributed by atoms with Gasteiger partial charge in [-0.05, 0) is 31.0 Å². The van der Waals surface area contributed by atoms with Gasteiger partial charge in [0.05, 0.1) is 22.3 Å². The lowest BCUT2D eigenvalue weighted by molar-refractivity contribution is -0.138. The van der Waals surface area contributed by atoms with Crippen molar-refractivity contribution in [3.63, 3.8) is 0 Å². The molecule has 0 fully saturated rings. The van der Waals surface area contributed by atoms with Gasteiger partial charge < -0.3 is 5.11 Å². The fourth-order valence-electron chi connectivity index (χ4n) is 2.25. The Morgan fingerprint density at radius 3 is 2.58 bits per heavy atom. The topological polar surface area (TPSA) is 54.5 Å². The third-order valence-corrected chi connectivity index (χ3v) is 5.94. The van der Waals surface area contributed by atoms with Crippen LogP contribution < -0.4 is 0 Å². The molecule has 0 bridgehead atoms.